The van der Waals surface area contributed by atoms with E-state index < -0.39 is 0 Å². The van der Waals surface area contributed by atoms with E-state index in [0.717, 1.165) is 6.04 Å². The normalized spacial score (nSPS) is 12.0. The molecule has 0 amide bonds. The van der Waals surface area contributed by atoms with Gasteiger partial charge in [-0.2, -0.15) is 0 Å². The Bertz CT molecular complexity index is 157. The van der Waals surface area contributed by atoms with Gasteiger partial charge >= 0.3 is 0 Å². The fraction of sp³-hybridized carbons (Fsp3) is 1.00. The van der Waals surface area contributed by atoms with E-state index >= 15 is 0 Å². The molecule has 0 aliphatic carbocycles. The molecule has 0 unspecified atom stereocenters. The maximum absolute atomic E-state index is 8.70. The summed E-state index contributed by atoms with van der Waals surface area (Å²) in [6.45, 7) is 7.12. The van der Waals surface area contributed by atoms with Gasteiger partial charge in [0.2, 0.25) is 9.76 Å². The van der Waals surface area contributed by atoms with Crippen molar-refractivity contribution in [3.63, 3.8) is 0 Å². The first-order valence-electron chi connectivity index (χ1n) is 7.49. The van der Waals surface area contributed by atoms with Crippen LogP contribution in [0.4, 0.5) is 0 Å². The molecule has 2 radical (unpaired) electrons. The molecule has 2 heteroatoms. The largest absolute Gasteiger partial charge is 0.432 e. The zero-order valence-electron chi connectivity index (χ0n) is 12.2. The summed E-state index contributed by atoms with van der Waals surface area (Å²) in [5.74, 6) is 0. The van der Waals surface area contributed by atoms with Crippen LogP contribution in [-0.2, 0) is 0 Å². The Labute approximate surface area is 111 Å². The second-order valence-corrected chi connectivity index (χ2v) is 6.86. The molecule has 17 heavy (non-hydrogen) atoms. The molecule has 0 saturated carbocycles. The topological polar surface area (TPSA) is 20.2 Å². The minimum Gasteiger partial charge on any atom is -0.432 e. The van der Waals surface area contributed by atoms with Gasteiger partial charge in [-0.25, -0.2) is 0 Å². The highest BCUT2D eigenvalue weighted by Gasteiger charge is 2.15. The zero-order chi connectivity index (χ0) is 13.0. The third-order valence-electron chi connectivity index (χ3n) is 3.60. The van der Waals surface area contributed by atoms with Crippen molar-refractivity contribution in [2.24, 2.45) is 5.41 Å². The van der Waals surface area contributed by atoms with E-state index in [2.05, 4.69) is 20.8 Å². The molecule has 1 N–H and O–H groups in total. The monoisotopic (exact) mass is 256 g/mol. The number of hydrogen-bond acceptors (Lipinski definition) is 1. The Hall–Kier alpha value is 0.177. The van der Waals surface area contributed by atoms with Crippen LogP contribution in [0.15, 0.2) is 0 Å². The maximum atomic E-state index is 8.70. The smallest absolute Gasteiger partial charge is 0.224 e. The van der Waals surface area contributed by atoms with Crippen LogP contribution in [0.2, 0.25) is 6.04 Å². The molecule has 0 heterocycles. The number of hydrogen-bond donors (Lipinski definition) is 1. The summed E-state index contributed by atoms with van der Waals surface area (Å²) >= 11 is 0. The molecular weight excluding hydrogens is 224 g/mol. The van der Waals surface area contributed by atoms with Crippen molar-refractivity contribution in [2.45, 2.75) is 91.0 Å². The molecule has 0 saturated heterocycles. The molecule has 0 aliphatic rings. The van der Waals surface area contributed by atoms with Gasteiger partial charge in [0.25, 0.3) is 0 Å². The Morgan fingerprint density at radius 1 is 0.824 bits per heavy atom. The number of rotatable bonds is 12. The highest BCUT2D eigenvalue weighted by Crippen LogP contribution is 2.29. The van der Waals surface area contributed by atoms with Gasteiger partial charge in [-0.05, 0) is 24.3 Å². The Morgan fingerprint density at radius 2 is 1.35 bits per heavy atom. The van der Waals surface area contributed by atoms with E-state index in [-0.39, 0.29) is 9.76 Å². The van der Waals surface area contributed by atoms with Gasteiger partial charge in [-0.1, -0.05) is 72.1 Å². The Balaban J connectivity index is 3.26. The van der Waals surface area contributed by atoms with Crippen LogP contribution >= 0.6 is 0 Å². The van der Waals surface area contributed by atoms with Crippen molar-refractivity contribution < 1.29 is 4.80 Å². The van der Waals surface area contributed by atoms with Crippen molar-refractivity contribution in [3.05, 3.63) is 0 Å². The van der Waals surface area contributed by atoms with Gasteiger partial charge in [0.1, 0.15) is 0 Å². The second kappa shape index (κ2) is 11.3. The molecule has 0 aliphatic heterocycles. The van der Waals surface area contributed by atoms with Crippen molar-refractivity contribution in [1.82, 2.24) is 0 Å². The maximum Gasteiger partial charge on any atom is 0.224 e. The van der Waals surface area contributed by atoms with E-state index in [1.807, 2.05) is 0 Å². The molecule has 0 aromatic heterocycles. The van der Waals surface area contributed by atoms with Crippen molar-refractivity contribution >= 4 is 9.76 Å². The molecule has 0 spiro atoms. The zero-order valence-corrected chi connectivity index (χ0v) is 13.2. The average Bonchev–Trinajstić information content (AvgIpc) is 2.30. The summed E-state index contributed by atoms with van der Waals surface area (Å²) in [5, 5.41) is 0. The van der Waals surface area contributed by atoms with Crippen molar-refractivity contribution in [1.29, 1.82) is 0 Å². The lowest BCUT2D eigenvalue weighted by Crippen LogP contribution is -2.10. The highest BCUT2D eigenvalue weighted by atomic mass is 28.2. The summed E-state index contributed by atoms with van der Waals surface area (Å²) in [6.07, 6.45) is 13.6. The molecule has 0 aromatic rings. The fourth-order valence-corrected chi connectivity index (χ4v) is 2.70. The Kier molecular flexibility index (Phi) is 11.4. The molecule has 102 valence electrons. The lowest BCUT2D eigenvalue weighted by atomic mass is 9.82. The van der Waals surface area contributed by atoms with E-state index in [9.17, 15) is 0 Å². The quantitative estimate of drug-likeness (QED) is 0.386. The van der Waals surface area contributed by atoms with Crippen LogP contribution in [0.5, 0.6) is 0 Å². The first-order valence-corrected chi connectivity index (χ1v) is 8.65. The van der Waals surface area contributed by atoms with Crippen LogP contribution < -0.4 is 0 Å². The molecule has 0 atom stereocenters. The minimum atomic E-state index is 0.162. The summed E-state index contributed by atoms with van der Waals surface area (Å²) in [6, 6.07) is 1.02. The molecule has 0 aromatic carbocycles. The predicted octanol–water partition coefficient (Wildman–Crippen LogP) is 4.96. The van der Waals surface area contributed by atoms with Crippen molar-refractivity contribution in [3.8, 4) is 0 Å². The lowest BCUT2D eigenvalue weighted by Gasteiger charge is -2.24. The van der Waals surface area contributed by atoms with Crippen LogP contribution in [-0.4, -0.2) is 14.6 Å². The molecule has 0 rings (SSSR count). The highest BCUT2D eigenvalue weighted by molar-refractivity contribution is 6.25. The predicted molar refractivity (Wildman–Crippen MR) is 78.4 cm³/mol. The summed E-state index contributed by atoms with van der Waals surface area (Å²) < 4.78 is 0. The van der Waals surface area contributed by atoms with Gasteiger partial charge in [0.15, 0.2) is 0 Å². The second-order valence-electron chi connectivity index (χ2n) is 6.05. The summed E-state index contributed by atoms with van der Waals surface area (Å²) in [7, 11) is 0.162. The van der Waals surface area contributed by atoms with E-state index in [1.54, 1.807) is 0 Å². The lowest BCUT2D eigenvalue weighted by molar-refractivity contribution is 0.285. The fourth-order valence-electron chi connectivity index (χ4n) is 2.30. The molecule has 0 fully saturated rings. The van der Waals surface area contributed by atoms with E-state index in [1.165, 1.54) is 64.2 Å². The first-order chi connectivity index (χ1) is 8.12. The van der Waals surface area contributed by atoms with Crippen LogP contribution in [0, 0.1) is 5.41 Å². The molecule has 1 nitrogen and oxygen atoms in total. The van der Waals surface area contributed by atoms with Crippen LogP contribution in [0.25, 0.3) is 0 Å². The van der Waals surface area contributed by atoms with Gasteiger partial charge in [-0.15, -0.1) is 0 Å². The van der Waals surface area contributed by atoms with Crippen molar-refractivity contribution in [2.75, 3.05) is 0 Å². The third kappa shape index (κ3) is 12.4. The van der Waals surface area contributed by atoms with Gasteiger partial charge < -0.3 is 4.80 Å². The summed E-state index contributed by atoms with van der Waals surface area (Å²) in [5.41, 5.74) is 0.564. The standard InChI is InChI=1S/C15H32OSi/c1-4-5-12-15(2,3)13-10-8-6-7-9-11-14-17-16/h16H,4-14H2,1-3H3. The molecular formula is C15H32OSi. The SMILES string of the molecule is CCCCC(C)(C)CCCCCCCC[Si]O. The Morgan fingerprint density at radius 3 is 1.94 bits per heavy atom. The van der Waals surface area contributed by atoms with Crippen LogP contribution in [0.1, 0.15) is 85.0 Å². The first kappa shape index (κ1) is 17.2. The third-order valence-corrected chi connectivity index (χ3v) is 4.18. The van der Waals surface area contributed by atoms with Gasteiger partial charge in [-0.3, -0.25) is 0 Å². The van der Waals surface area contributed by atoms with Gasteiger partial charge in [0, 0.05) is 0 Å². The molecule has 0 bridgehead atoms. The van der Waals surface area contributed by atoms with Crippen LogP contribution in [0.3, 0.4) is 0 Å². The van der Waals surface area contributed by atoms with Gasteiger partial charge in [0.05, 0.1) is 0 Å². The van der Waals surface area contributed by atoms with E-state index in [0.29, 0.717) is 5.41 Å². The average molecular weight is 257 g/mol. The summed E-state index contributed by atoms with van der Waals surface area (Å²) in [4.78, 5) is 8.70. The number of unbranched alkanes of at least 4 members (excludes halogenated alkanes) is 6. The van der Waals surface area contributed by atoms with E-state index in [4.69, 9.17) is 4.80 Å². The minimum absolute atomic E-state index is 0.162.